The Labute approximate surface area is 113 Å². The zero-order valence-electron chi connectivity index (χ0n) is 11.3. The van der Waals surface area contributed by atoms with Gasteiger partial charge in [-0.15, -0.1) is 0 Å². The van der Waals surface area contributed by atoms with Crippen LogP contribution in [-0.4, -0.2) is 35.2 Å². The Morgan fingerprint density at radius 3 is 2.68 bits per heavy atom. The third-order valence-corrected chi connectivity index (χ3v) is 4.20. The summed E-state index contributed by atoms with van der Waals surface area (Å²) in [6.07, 6.45) is 1.42. The van der Waals surface area contributed by atoms with Gasteiger partial charge in [0, 0.05) is 6.54 Å². The van der Waals surface area contributed by atoms with Crippen LogP contribution in [0, 0.1) is 0 Å². The van der Waals surface area contributed by atoms with E-state index in [0.717, 1.165) is 13.0 Å². The number of benzene rings is 1. The zero-order chi connectivity index (χ0) is 13.0. The van der Waals surface area contributed by atoms with Crippen LogP contribution in [-0.2, 0) is 20.9 Å². The standard InChI is InChI=1S/C15H19NO3/c1-15(2)17-13-11-8-12(14(13)18-15)19-16(11)9-10-6-4-3-5-7-10/h3-7,11-14H,8-9H2,1-2H3/t11-,12-,13-,14+/m0/s1. The van der Waals surface area contributed by atoms with Crippen LogP contribution in [0.4, 0.5) is 0 Å². The first kappa shape index (κ1) is 11.9. The first-order chi connectivity index (χ1) is 9.12. The summed E-state index contributed by atoms with van der Waals surface area (Å²) in [6, 6.07) is 10.7. The highest BCUT2D eigenvalue weighted by atomic mass is 16.8. The maximum Gasteiger partial charge on any atom is 0.163 e. The second-order valence-electron chi connectivity index (χ2n) is 6.07. The molecule has 2 saturated heterocycles. The highest BCUT2D eigenvalue weighted by Gasteiger charge is 2.61. The molecule has 3 fully saturated rings. The Kier molecular flexibility index (Phi) is 2.51. The molecular formula is C15H19NO3. The van der Waals surface area contributed by atoms with Crippen molar-refractivity contribution in [3.8, 4) is 0 Å². The van der Waals surface area contributed by atoms with Crippen molar-refractivity contribution >= 4 is 0 Å². The lowest BCUT2D eigenvalue weighted by Crippen LogP contribution is -2.46. The fourth-order valence-electron chi connectivity index (χ4n) is 3.46. The predicted molar refractivity (Wildman–Crippen MR) is 69.1 cm³/mol. The van der Waals surface area contributed by atoms with E-state index in [1.54, 1.807) is 0 Å². The van der Waals surface area contributed by atoms with E-state index in [-0.39, 0.29) is 18.3 Å². The number of fused-ring (bicyclic) bond motifs is 5. The Balaban J connectivity index is 1.51. The van der Waals surface area contributed by atoms with Crippen molar-refractivity contribution in [2.24, 2.45) is 0 Å². The lowest BCUT2D eigenvalue weighted by molar-refractivity contribution is -0.229. The highest BCUT2D eigenvalue weighted by Crippen LogP contribution is 2.46. The normalized spacial score (nSPS) is 39.7. The molecule has 4 atom stereocenters. The van der Waals surface area contributed by atoms with Gasteiger partial charge in [0.15, 0.2) is 5.79 Å². The van der Waals surface area contributed by atoms with E-state index < -0.39 is 5.79 Å². The Morgan fingerprint density at radius 1 is 1.16 bits per heavy atom. The fraction of sp³-hybridized carbons (Fsp3) is 0.600. The molecule has 2 bridgehead atoms. The van der Waals surface area contributed by atoms with Gasteiger partial charge >= 0.3 is 0 Å². The molecule has 2 aliphatic heterocycles. The number of ether oxygens (including phenoxy) is 2. The lowest BCUT2D eigenvalue weighted by atomic mass is 10.1. The predicted octanol–water partition coefficient (Wildman–Crippen LogP) is 2.09. The van der Waals surface area contributed by atoms with E-state index >= 15 is 0 Å². The van der Waals surface area contributed by atoms with Gasteiger partial charge in [-0.25, -0.2) is 0 Å². The van der Waals surface area contributed by atoms with Crippen LogP contribution >= 0.6 is 0 Å². The van der Waals surface area contributed by atoms with Crippen LogP contribution in [0.2, 0.25) is 0 Å². The van der Waals surface area contributed by atoms with Crippen molar-refractivity contribution in [1.82, 2.24) is 5.06 Å². The highest BCUT2D eigenvalue weighted by molar-refractivity contribution is 5.15. The monoisotopic (exact) mass is 261 g/mol. The van der Waals surface area contributed by atoms with Crippen LogP contribution in [0.5, 0.6) is 0 Å². The number of hydrogen-bond donors (Lipinski definition) is 0. The number of rotatable bonds is 2. The maximum absolute atomic E-state index is 6.03. The van der Waals surface area contributed by atoms with E-state index in [1.165, 1.54) is 5.56 Å². The van der Waals surface area contributed by atoms with Crippen LogP contribution in [0.1, 0.15) is 25.8 Å². The number of nitrogens with zero attached hydrogens (tertiary/aromatic N) is 1. The van der Waals surface area contributed by atoms with Crippen molar-refractivity contribution in [2.75, 3.05) is 0 Å². The first-order valence-corrected chi connectivity index (χ1v) is 6.95. The minimum Gasteiger partial charge on any atom is -0.343 e. The average Bonchev–Trinajstić information content (AvgIpc) is 2.99. The number of hydroxylamine groups is 2. The third kappa shape index (κ3) is 1.91. The van der Waals surface area contributed by atoms with E-state index in [0.29, 0.717) is 6.04 Å². The van der Waals surface area contributed by atoms with Gasteiger partial charge in [0.25, 0.3) is 0 Å². The minimum absolute atomic E-state index is 0.104. The molecule has 19 heavy (non-hydrogen) atoms. The molecule has 1 aromatic rings. The molecule has 4 heteroatoms. The van der Waals surface area contributed by atoms with Gasteiger partial charge in [0.05, 0.1) is 6.04 Å². The molecule has 0 radical (unpaired) electrons. The summed E-state index contributed by atoms with van der Waals surface area (Å²) in [5.74, 6) is -0.474. The van der Waals surface area contributed by atoms with Crippen molar-refractivity contribution in [3.63, 3.8) is 0 Å². The Bertz CT molecular complexity index is 476. The molecule has 0 unspecified atom stereocenters. The summed E-state index contributed by atoms with van der Waals surface area (Å²) in [5, 5.41) is 2.08. The molecule has 0 amide bonds. The molecule has 0 aromatic heterocycles. The van der Waals surface area contributed by atoms with Crippen molar-refractivity contribution in [3.05, 3.63) is 35.9 Å². The zero-order valence-corrected chi connectivity index (χ0v) is 11.3. The third-order valence-electron chi connectivity index (χ3n) is 4.20. The first-order valence-electron chi connectivity index (χ1n) is 6.95. The van der Waals surface area contributed by atoms with Crippen molar-refractivity contribution < 1.29 is 14.3 Å². The smallest absolute Gasteiger partial charge is 0.163 e. The van der Waals surface area contributed by atoms with Crippen LogP contribution < -0.4 is 0 Å². The van der Waals surface area contributed by atoms with E-state index in [4.69, 9.17) is 14.3 Å². The summed E-state index contributed by atoms with van der Waals surface area (Å²) in [7, 11) is 0. The van der Waals surface area contributed by atoms with Gasteiger partial charge < -0.3 is 9.47 Å². The topological polar surface area (TPSA) is 30.9 Å². The summed E-state index contributed by atoms with van der Waals surface area (Å²) in [5.41, 5.74) is 1.27. The van der Waals surface area contributed by atoms with Crippen molar-refractivity contribution in [2.45, 2.75) is 57.0 Å². The van der Waals surface area contributed by atoms with Gasteiger partial charge in [-0.05, 0) is 25.8 Å². The molecule has 1 aliphatic carbocycles. The van der Waals surface area contributed by atoms with Crippen LogP contribution in [0.15, 0.2) is 30.3 Å². The Hall–Kier alpha value is -0.940. The summed E-state index contributed by atoms with van der Waals surface area (Å²) < 4.78 is 12.0. The van der Waals surface area contributed by atoms with E-state index in [2.05, 4.69) is 29.3 Å². The molecule has 1 aromatic carbocycles. The van der Waals surface area contributed by atoms with Gasteiger partial charge in [-0.3, -0.25) is 4.84 Å². The Morgan fingerprint density at radius 2 is 1.89 bits per heavy atom. The molecule has 1 saturated carbocycles. The molecule has 4 rings (SSSR count). The van der Waals surface area contributed by atoms with Gasteiger partial charge in [0.2, 0.25) is 0 Å². The molecule has 0 N–H and O–H groups in total. The SMILES string of the molecule is CC1(C)O[C@@H]2[C@H](O1)[C@@H]1C[C@@H]2N(Cc2ccccc2)O1. The molecule has 4 nitrogen and oxygen atoms in total. The molecular weight excluding hydrogens is 242 g/mol. The summed E-state index contributed by atoms with van der Waals surface area (Å²) >= 11 is 0. The molecule has 2 heterocycles. The lowest BCUT2D eigenvalue weighted by Gasteiger charge is -2.32. The molecule has 0 spiro atoms. The second-order valence-corrected chi connectivity index (χ2v) is 6.07. The molecule has 102 valence electrons. The number of hydrogen-bond acceptors (Lipinski definition) is 4. The van der Waals surface area contributed by atoms with E-state index in [1.807, 2.05) is 19.9 Å². The fourth-order valence-corrected chi connectivity index (χ4v) is 3.46. The summed E-state index contributed by atoms with van der Waals surface area (Å²) in [6.45, 7) is 4.77. The van der Waals surface area contributed by atoms with Crippen molar-refractivity contribution in [1.29, 1.82) is 0 Å². The van der Waals surface area contributed by atoms with Gasteiger partial charge in [-0.1, -0.05) is 30.3 Å². The van der Waals surface area contributed by atoms with E-state index in [9.17, 15) is 0 Å². The van der Waals surface area contributed by atoms with Crippen LogP contribution in [0.3, 0.4) is 0 Å². The second kappa shape index (κ2) is 4.03. The van der Waals surface area contributed by atoms with Gasteiger partial charge in [0.1, 0.15) is 18.3 Å². The van der Waals surface area contributed by atoms with Crippen LogP contribution in [0.25, 0.3) is 0 Å². The average molecular weight is 261 g/mol. The minimum atomic E-state index is -0.474. The maximum atomic E-state index is 6.03. The summed E-state index contributed by atoms with van der Waals surface area (Å²) in [4.78, 5) is 6.00. The largest absolute Gasteiger partial charge is 0.343 e. The quantitative estimate of drug-likeness (QED) is 0.815. The molecule has 3 aliphatic rings. The van der Waals surface area contributed by atoms with Gasteiger partial charge in [-0.2, -0.15) is 5.06 Å².